The summed E-state index contributed by atoms with van der Waals surface area (Å²) in [6, 6.07) is 9.20. The van der Waals surface area contributed by atoms with E-state index in [1.54, 1.807) is 30.2 Å². The van der Waals surface area contributed by atoms with E-state index in [1.807, 2.05) is 24.3 Å². The fourth-order valence-corrected chi connectivity index (χ4v) is 5.35. The van der Waals surface area contributed by atoms with Gasteiger partial charge in [-0.15, -0.1) is 10.2 Å². The van der Waals surface area contributed by atoms with Crippen LogP contribution in [0.15, 0.2) is 42.7 Å². The van der Waals surface area contributed by atoms with Crippen molar-refractivity contribution in [2.24, 2.45) is 0 Å². The lowest BCUT2D eigenvalue weighted by atomic mass is 9.92. The summed E-state index contributed by atoms with van der Waals surface area (Å²) >= 11 is 1.78. The Morgan fingerprint density at radius 1 is 1.24 bits per heavy atom. The molecule has 0 amide bonds. The van der Waals surface area contributed by atoms with Crippen molar-refractivity contribution in [3.05, 3.63) is 65.8 Å². The molecule has 5 rings (SSSR count). The maximum absolute atomic E-state index is 15.0. The summed E-state index contributed by atoms with van der Waals surface area (Å²) in [6.07, 6.45) is 5.94. The lowest BCUT2D eigenvalue weighted by Crippen LogP contribution is -2.28. The van der Waals surface area contributed by atoms with Crippen molar-refractivity contribution >= 4 is 11.8 Å². The number of fused-ring (bicyclic) bond motifs is 1. The lowest BCUT2D eigenvalue weighted by molar-refractivity contribution is 0.254. The zero-order valence-corrected chi connectivity index (χ0v) is 17.1. The molecule has 0 unspecified atom stereocenters. The molecule has 2 aliphatic rings. The monoisotopic (exact) mass is 410 g/mol. The minimum absolute atomic E-state index is 0.117. The molecule has 5 nitrogen and oxygen atoms in total. The van der Waals surface area contributed by atoms with E-state index in [1.165, 1.54) is 0 Å². The molecular weight excluding hydrogens is 387 g/mol. The Balaban J connectivity index is 1.51. The van der Waals surface area contributed by atoms with E-state index >= 15 is 0 Å². The molecule has 0 saturated heterocycles. The number of thioether (sulfide) groups is 1. The molecular formula is C22H23FN4OS. The molecule has 1 fully saturated rings. The Labute approximate surface area is 173 Å². The van der Waals surface area contributed by atoms with Crippen molar-refractivity contribution in [2.75, 3.05) is 12.4 Å². The SMILES string of the molecule is C[C@]1(CO)Cc2nnc(C3(c4ccc(-c5cccnc5)c(F)c4)CC3)n2CCS1. The van der Waals surface area contributed by atoms with Crippen LogP contribution in [0.1, 0.15) is 37.0 Å². The number of hydrogen-bond acceptors (Lipinski definition) is 5. The highest BCUT2D eigenvalue weighted by molar-refractivity contribution is 8.00. The number of benzene rings is 1. The van der Waals surface area contributed by atoms with E-state index in [0.717, 1.165) is 47.9 Å². The Morgan fingerprint density at radius 2 is 2.10 bits per heavy atom. The van der Waals surface area contributed by atoms with Gasteiger partial charge in [0.2, 0.25) is 0 Å². The summed E-state index contributed by atoms with van der Waals surface area (Å²) in [7, 11) is 0. The molecule has 1 atom stereocenters. The molecule has 0 radical (unpaired) electrons. The lowest BCUT2D eigenvalue weighted by Gasteiger charge is -2.23. The third-order valence-electron chi connectivity index (χ3n) is 6.13. The van der Waals surface area contributed by atoms with Crippen LogP contribution in [-0.2, 0) is 18.4 Å². The Kier molecular flexibility index (Phi) is 4.47. The van der Waals surface area contributed by atoms with Crippen LogP contribution < -0.4 is 0 Å². The average molecular weight is 411 g/mol. The first kappa shape index (κ1) is 18.8. The van der Waals surface area contributed by atoms with Crippen LogP contribution in [0, 0.1) is 5.82 Å². The predicted molar refractivity (Wildman–Crippen MR) is 111 cm³/mol. The molecule has 1 saturated carbocycles. The highest BCUT2D eigenvalue weighted by Crippen LogP contribution is 2.53. The molecule has 0 bridgehead atoms. The maximum Gasteiger partial charge on any atom is 0.143 e. The number of aliphatic hydroxyl groups excluding tert-OH is 1. The van der Waals surface area contributed by atoms with Crippen LogP contribution in [0.5, 0.6) is 0 Å². The second-order valence-electron chi connectivity index (χ2n) is 8.24. The second-order valence-corrected chi connectivity index (χ2v) is 9.93. The van der Waals surface area contributed by atoms with Crippen molar-refractivity contribution in [3.63, 3.8) is 0 Å². The molecule has 3 aromatic rings. The largest absolute Gasteiger partial charge is 0.395 e. The Hall–Kier alpha value is -2.25. The summed E-state index contributed by atoms with van der Waals surface area (Å²) < 4.78 is 17.0. The number of halogens is 1. The third kappa shape index (κ3) is 3.16. The van der Waals surface area contributed by atoms with Crippen molar-refractivity contribution in [2.45, 2.75) is 42.9 Å². The first-order valence-electron chi connectivity index (χ1n) is 9.92. The molecule has 1 aliphatic heterocycles. The van der Waals surface area contributed by atoms with Gasteiger partial charge in [-0.05, 0) is 37.5 Å². The number of hydrogen-bond donors (Lipinski definition) is 1. The van der Waals surface area contributed by atoms with Crippen molar-refractivity contribution < 1.29 is 9.50 Å². The van der Waals surface area contributed by atoms with Gasteiger partial charge in [-0.3, -0.25) is 4.98 Å². The van der Waals surface area contributed by atoms with E-state index in [-0.39, 0.29) is 22.6 Å². The van der Waals surface area contributed by atoms with Gasteiger partial charge in [-0.1, -0.05) is 18.2 Å². The number of aromatic nitrogens is 4. The third-order valence-corrected chi connectivity index (χ3v) is 7.49. The predicted octanol–water partition coefficient (Wildman–Crippen LogP) is 3.60. The van der Waals surface area contributed by atoms with Gasteiger partial charge in [0.1, 0.15) is 17.5 Å². The fourth-order valence-electron chi connectivity index (χ4n) is 4.26. The molecule has 3 heterocycles. The zero-order valence-electron chi connectivity index (χ0n) is 16.3. The minimum atomic E-state index is -0.260. The average Bonchev–Trinajstić information content (AvgIpc) is 3.48. The van der Waals surface area contributed by atoms with Gasteiger partial charge < -0.3 is 9.67 Å². The van der Waals surface area contributed by atoms with Crippen LogP contribution >= 0.6 is 11.8 Å². The van der Waals surface area contributed by atoms with Crippen LogP contribution in [-0.4, -0.2) is 42.0 Å². The summed E-state index contributed by atoms with van der Waals surface area (Å²) in [4.78, 5) is 4.09. The summed E-state index contributed by atoms with van der Waals surface area (Å²) in [5.41, 5.74) is 2.04. The van der Waals surface area contributed by atoms with Gasteiger partial charge in [0.25, 0.3) is 0 Å². The fraction of sp³-hybridized carbons (Fsp3) is 0.409. The van der Waals surface area contributed by atoms with Crippen LogP contribution in [0.2, 0.25) is 0 Å². The minimum Gasteiger partial charge on any atom is -0.395 e. The molecule has 2 aromatic heterocycles. The number of rotatable bonds is 4. The first-order valence-corrected chi connectivity index (χ1v) is 10.9. The highest BCUT2D eigenvalue weighted by Gasteiger charge is 2.51. The van der Waals surface area contributed by atoms with Crippen LogP contribution in [0.3, 0.4) is 0 Å². The van der Waals surface area contributed by atoms with Crippen molar-refractivity contribution in [1.82, 2.24) is 19.7 Å². The zero-order chi connectivity index (χ0) is 20.1. The molecule has 29 heavy (non-hydrogen) atoms. The van der Waals surface area contributed by atoms with E-state index < -0.39 is 0 Å². The number of aliphatic hydroxyl groups is 1. The number of pyridine rings is 1. The topological polar surface area (TPSA) is 63.8 Å². The van der Waals surface area contributed by atoms with Crippen LogP contribution in [0.4, 0.5) is 4.39 Å². The molecule has 1 aromatic carbocycles. The maximum atomic E-state index is 15.0. The highest BCUT2D eigenvalue weighted by atomic mass is 32.2. The van der Waals surface area contributed by atoms with E-state index in [0.29, 0.717) is 12.0 Å². The van der Waals surface area contributed by atoms with Gasteiger partial charge in [0.05, 0.1) is 12.0 Å². The Bertz CT molecular complexity index is 1050. The quantitative estimate of drug-likeness (QED) is 0.712. The number of nitrogens with zero attached hydrogens (tertiary/aromatic N) is 4. The van der Waals surface area contributed by atoms with E-state index in [4.69, 9.17) is 0 Å². The second kappa shape index (κ2) is 6.92. The summed E-state index contributed by atoms with van der Waals surface area (Å²) in [6.45, 7) is 3.00. The smallest absolute Gasteiger partial charge is 0.143 e. The van der Waals surface area contributed by atoms with Gasteiger partial charge in [0, 0.05) is 47.0 Å². The van der Waals surface area contributed by atoms with Crippen molar-refractivity contribution in [1.29, 1.82) is 0 Å². The first-order chi connectivity index (χ1) is 14.0. The molecule has 0 spiro atoms. The van der Waals surface area contributed by atoms with Crippen LogP contribution in [0.25, 0.3) is 11.1 Å². The molecule has 150 valence electrons. The molecule has 1 aliphatic carbocycles. The Morgan fingerprint density at radius 3 is 2.79 bits per heavy atom. The summed E-state index contributed by atoms with van der Waals surface area (Å²) in [5, 5.41) is 18.8. The van der Waals surface area contributed by atoms with Gasteiger partial charge >= 0.3 is 0 Å². The van der Waals surface area contributed by atoms with E-state index in [2.05, 4.69) is 26.7 Å². The van der Waals surface area contributed by atoms with Gasteiger partial charge in [0.15, 0.2) is 0 Å². The molecule has 1 N–H and O–H groups in total. The van der Waals surface area contributed by atoms with Gasteiger partial charge in [-0.2, -0.15) is 11.8 Å². The normalized spacial score (nSPS) is 22.7. The van der Waals surface area contributed by atoms with E-state index in [9.17, 15) is 9.50 Å². The standard InChI is InChI=1S/C22H23FN4OS/c1-21(14-28)12-19-25-26-20(27(19)9-10-29-21)22(6-7-22)16-4-5-17(18(23)11-16)15-3-2-8-24-13-15/h2-5,8,11,13,28H,6-7,9-10,12,14H2,1H3/t21-/m1/s1. The van der Waals surface area contributed by atoms with Gasteiger partial charge in [-0.25, -0.2) is 4.39 Å². The van der Waals surface area contributed by atoms with Crippen molar-refractivity contribution in [3.8, 4) is 11.1 Å². The molecule has 7 heteroatoms. The summed E-state index contributed by atoms with van der Waals surface area (Å²) in [5.74, 6) is 2.52.